The van der Waals surface area contributed by atoms with Crippen LogP contribution in [0.2, 0.25) is 5.15 Å². The molecule has 0 radical (unpaired) electrons. The van der Waals surface area contributed by atoms with Gasteiger partial charge in [0.2, 0.25) is 0 Å². The molecule has 0 aliphatic heterocycles. The van der Waals surface area contributed by atoms with Gasteiger partial charge in [-0.25, -0.2) is 4.98 Å². The van der Waals surface area contributed by atoms with Crippen molar-refractivity contribution in [2.24, 2.45) is 5.92 Å². The second-order valence-corrected chi connectivity index (χ2v) is 5.02. The van der Waals surface area contributed by atoms with Crippen molar-refractivity contribution < 1.29 is 4.74 Å². The molecule has 1 aromatic rings. The number of aromatic nitrogens is 1. The number of hydrogen-bond acceptors (Lipinski definition) is 2. The van der Waals surface area contributed by atoms with Crippen LogP contribution < -0.4 is 0 Å². The van der Waals surface area contributed by atoms with Gasteiger partial charge < -0.3 is 4.74 Å². The summed E-state index contributed by atoms with van der Waals surface area (Å²) in [5, 5.41) is 0.561. The first-order valence-corrected chi connectivity index (χ1v) is 6.34. The SMILES string of the molecule is CC1CCCC(OCc2cccnc2Cl)C1. The fraction of sp³-hybridized carbons (Fsp3) is 0.615. The number of ether oxygens (including phenoxy) is 1. The summed E-state index contributed by atoms with van der Waals surface area (Å²) in [4.78, 5) is 4.04. The molecule has 2 atom stereocenters. The molecule has 0 spiro atoms. The first-order chi connectivity index (χ1) is 7.75. The highest BCUT2D eigenvalue weighted by atomic mass is 35.5. The molecule has 2 nitrogen and oxygen atoms in total. The Hall–Kier alpha value is -0.600. The molecule has 0 N–H and O–H groups in total. The lowest BCUT2D eigenvalue weighted by molar-refractivity contribution is 0.00460. The van der Waals surface area contributed by atoms with E-state index in [2.05, 4.69) is 11.9 Å². The van der Waals surface area contributed by atoms with Crippen LogP contribution in [-0.2, 0) is 11.3 Å². The number of halogens is 1. The number of nitrogens with zero attached hydrogens (tertiary/aromatic N) is 1. The van der Waals surface area contributed by atoms with Gasteiger partial charge >= 0.3 is 0 Å². The van der Waals surface area contributed by atoms with Crippen LogP contribution >= 0.6 is 11.6 Å². The third-order valence-electron chi connectivity index (χ3n) is 3.20. The summed E-state index contributed by atoms with van der Waals surface area (Å²) in [5.74, 6) is 0.795. The smallest absolute Gasteiger partial charge is 0.134 e. The molecule has 0 amide bonds. The van der Waals surface area contributed by atoms with E-state index in [1.54, 1.807) is 6.20 Å². The van der Waals surface area contributed by atoms with Gasteiger partial charge in [-0.15, -0.1) is 0 Å². The zero-order valence-corrected chi connectivity index (χ0v) is 10.4. The molecule has 1 saturated carbocycles. The topological polar surface area (TPSA) is 22.1 Å². The zero-order chi connectivity index (χ0) is 11.4. The molecule has 1 aromatic heterocycles. The van der Waals surface area contributed by atoms with Crippen LogP contribution in [0.25, 0.3) is 0 Å². The number of pyridine rings is 1. The lowest BCUT2D eigenvalue weighted by Crippen LogP contribution is -2.21. The third-order valence-corrected chi connectivity index (χ3v) is 3.54. The van der Waals surface area contributed by atoms with Crippen molar-refractivity contribution in [3.8, 4) is 0 Å². The Morgan fingerprint density at radius 1 is 1.50 bits per heavy atom. The Morgan fingerprint density at radius 2 is 2.38 bits per heavy atom. The average Bonchev–Trinajstić information content (AvgIpc) is 2.28. The highest BCUT2D eigenvalue weighted by Crippen LogP contribution is 2.26. The van der Waals surface area contributed by atoms with E-state index < -0.39 is 0 Å². The Balaban J connectivity index is 1.85. The Labute approximate surface area is 102 Å². The van der Waals surface area contributed by atoms with Gasteiger partial charge in [-0.2, -0.15) is 0 Å². The van der Waals surface area contributed by atoms with Gasteiger partial charge in [-0.1, -0.05) is 37.4 Å². The van der Waals surface area contributed by atoms with E-state index >= 15 is 0 Å². The van der Waals surface area contributed by atoms with Gasteiger partial charge in [-0.05, 0) is 24.8 Å². The summed E-state index contributed by atoms with van der Waals surface area (Å²) in [5.41, 5.74) is 0.988. The van der Waals surface area contributed by atoms with Crippen molar-refractivity contribution in [1.29, 1.82) is 0 Å². The van der Waals surface area contributed by atoms with E-state index in [-0.39, 0.29) is 0 Å². The van der Waals surface area contributed by atoms with Crippen LogP contribution in [0.5, 0.6) is 0 Å². The molecule has 1 heterocycles. The molecular weight excluding hydrogens is 222 g/mol. The van der Waals surface area contributed by atoms with Crippen molar-refractivity contribution in [3.05, 3.63) is 29.0 Å². The van der Waals surface area contributed by atoms with E-state index in [4.69, 9.17) is 16.3 Å². The molecule has 0 saturated heterocycles. The van der Waals surface area contributed by atoms with Crippen LogP contribution in [0.4, 0.5) is 0 Å². The Bertz CT molecular complexity index is 342. The maximum atomic E-state index is 5.98. The van der Waals surface area contributed by atoms with E-state index in [1.807, 2.05) is 12.1 Å². The zero-order valence-electron chi connectivity index (χ0n) is 9.66. The lowest BCUT2D eigenvalue weighted by atomic mass is 9.89. The second-order valence-electron chi connectivity index (χ2n) is 4.66. The van der Waals surface area contributed by atoms with Crippen molar-refractivity contribution in [2.45, 2.75) is 45.3 Å². The van der Waals surface area contributed by atoms with Crippen molar-refractivity contribution in [1.82, 2.24) is 4.98 Å². The van der Waals surface area contributed by atoms with Crippen LogP contribution in [0.1, 0.15) is 38.2 Å². The standard InChI is InChI=1S/C13H18ClNO/c1-10-4-2-6-12(8-10)16-9-11-5-3-7-15-13(11)14/h3,5,7,10,12H,2,4,6,8-9H2,1H3. The molecule has 0 aromatic carbocycles. The van der Waals surface area contributed by atoms with Gasteiger partial charge in [0.25, 0.3) is 0 Å². The lowest BCUT2D eigenvalue weighted by Gasteiger charge is -2.26. The molecule has 1 aliphatic carbocycles. The van der Waals surface area contributed by atoms with E-state index in [9.17, 15) is 0 Å². The summed E-state index contributed by atoms with van der Waals surface area (Å²) < 4.78 is 5.90. The van der Waals surface area contributed by atoms with Crippen LogP contribution in [0.15, 0.2) is 18.3 Å². The quantitative estimate of drug-likeness (QED) is 0.748. The fourth-order valence-corrected chi connectivity index (χ4v) is 2.44. The minimum absolute atomic E-state index is 0.403. The van der Waals surface area contributed by atoms with Crippen LogP contribution in [0.3, 0.4) is 0 Å². The second kappa shape index (κ2) is 5.65. The van der Waals surface area contributed by atoms with Crippen molar-refractivity contribution in [2.75, 3.05) is 0 Å². The summed E-state index contributed by atoms with van der Waals surface area (Å²) in [6, 6.07) is 3.87. The normalized spacial score (nSPS) is 25.6. The fourth-order valence-electron chi connectivity index (χ4n) is 2.26. The van der Waals surface area contributed by atoms with Gasteiger partial charge in [0.05, 0.1) is 12.7 Å². The summed E-state index contributed by atoms with van der Waals surface area (Å²) in [6.45, 7) is 2.89. The molecule has 0 bridgehead atoms. The molecule has 1 aliphatic rings. The maximum absolute atomic E-state index is 5.98. The molecule has 2 unspecified atom stereocenters. The molecule has 88 valence electrons. The Kier molecular flexibility index (Phi) is 4.19. The summed E-state index contributed by atoms with van der Waals surface area (Å²) in [7, 11) is 0. The minimum Gasteiger partial charge on any atom is -0.373 e. The number of rotatable bonds is 3. The van der Waals surface area contributed by atoms with Crippen LogP contribution in [-0.4, -0.2) is 11.1 Å². The summed E-state index contributed by atoms with van der Waals surface area (Å²) in [6.07, 6.45) is 7.09. The summed E-state index contributed by atoms with van der Waals surface area (Å²) >= 11 is 5.98. The highest BCUT2D eigenvalue weighted by Gasteiger charge is 2.19. The number of hydrogen-bond donors (Lipinski definition) is 0. The van der Waals surface area contributed by atoms with E-state index in [1.165, 1.54) is 25.7 Å². The van der Waals surface area contributed by atoms with Crippen molar-refractivity contribution >= 4 is 11.6 Å². The van der Waals surface area contributed by atoms with Gasteiger partial charge in [0.15, 0.2) is 0 Å². The minimum atomic E-state index is 0.403. The predicted molar refractivity (Wildman–Crippen MR) is 65.5 cm³/mol. The van der Waals surface area contributed by atoms with Gasteiger partial charge in [0, 0.05) is 11.8 Å². The molecule has 3 heteroatoms. The van der Waals surface area contributed by atoms with E-state index in [0.29, 0.717) is 17.9 Å². The van der Waals surface area contributed by atoms with Crippen molar-refractivity contribution in [3.63, 3.8) is 0 Å². The maximum Gasteiger partial charge on any atom is 0.134 e. The monoisotopic (exact) mass is 239 g/mol. The molecule has 1 fully saturated rings. The average molecular weight is 240 g/mol. The van der Waals surface area contributed by atoms with Gasteiger partial charge in [0.1, 0.15) is 5.15 Å². The first kappa shape index (κ1) is 11.9. The molecular formula is C13H18ClNO. The molecule has 2 rings (SSSR count). The molecule has 16 heavy (non-hydrogen) atoms. The van der Waals surface area contributed by atoms with E-state index in [0.717, 1.165) is 11.5 Å². The largest absolute Gasteiger partial charge is 0.373 e. The third kappa shape index (κ3) is 3.19. The van der Waals surface area contributed by atoms with Crippen LogP contribution in [0, 0.1) is 5.92 Å². The first-order valence-electron chi connectivity index (χ1n) is 5.96. The van der Waals surface area contributed by atoms with Gasteiger partial charge in [-0.3, -0.25) is 0 Å². The highest BCUT2D eigenvalue weighted by molar-refractivity contribution is 6.30. The predicted octanol–water partition coefficient (Wildman–Crippen LogP) is 3.83. The Morgan fingerprint density at radius 3 is 3.12 bits per heavy atom.